The average molecular weight is 279 g/mol. The topological polar surface area (TPSA) is 93.2 Å². The predicted molar refractivity (Wildman–Crippen MR) is 75.1 cm³/mol. The van der Waals surface area contributed by atoms with Gasteiger partial charge in [-0.2, -0.15) is 5.10 Å². The maximum absolute atomic E-state index is 12.7. The van der Waals surface area contributed by atoms with Crippen molar-refractivity contribution in [1.82, 2.24) is 20.0 Å². The quantitative estimate of drug-likeness (QED) is 0.828. The Balaban J connectivity index is 2.30. The number of aryl methyl sites for hydroxylation is 1. The zero-order chi connectivity index (χ0) is 14.7. The van der Waals surface area contributed by atoms with Crippen molar-refractivity contribution in [3.63, 3.8) is 0 Å². The van der Waals surface area contributed by atoms with Crippen LogP contribution in [0.4, 0.5) is 5.69 Å². The highest BCUT2D eigenvalue weighted by Crippen LogP contribution is 2.22. The molecule has 20 heavy (non-hydrogen) atoms. The molecule has 0 radical (unpaired) electrons. The number of hydrogen-bond donors (Lipinski definition) is 2. The van der Waals surface area contributed by atoms with Gasteiger partial charge < -0.3 is 16.0 Å². The van der Waals surface area contributed by atoms with Gasteiger partial charge in [0, 0.05) is 20.1 Å². The Hall–Kier alpha value is -2.05. The molecule has 2 rings (SSSR count). The fourth-order valence-electron chi connectivity index (χ4n) is 2.62. The summed E-state index contributed by atoms with van der Waals surface area (Å²) in [6.45, 7) is 3.04. The van der Waals surface area contributed by atoms with Gasteiger partial charge in [-0.25, -0.2) is 0 Å². The normalized spacial score (nSPS) is 18.9. The first-order valence-electron chi connectivity index (χ1n) is 6.94. The second kappa shape index (κ2) is 5.94. The first-order valence-corrected chi connectivity index (χ1v) is 6.94. The molecule has 1 saturated heterocycles. The van der Waals surface area contributed by atoms with Gasteiger partial charge in [-0.3, -0.25) is 14.3 Å². The first-order chi connectivity index (χ1) is 9.60. The van der Waals surface area contributed by atoms with Crippen LogP contribution in [0.2, 0.25) is 0 Å². The molecular formula is C13H21N5O2. The van der Waals surface area contributed by atoms with E-state index >= 15 is 0 Å². The molecule has 1 aromatic heterocycles. The molecule has 0 aliphatic carbocycles. The van der Waals surface area contributed by atoms with Gasteiger partial charge in [0.25, 0.3) is 5.91 Å². The van der Waals surface area contributed by atoms with Crippen molar-refractivity contribution in [1.29, 1.82) is 0 Å². The molecule has 3 N–H and O–H groups in total. The van der Waals surface area contributed by atoms with Crippen LogP contribution in [0.3, 0.4) is 0 Å². The monoisotopic (exact) mass is 279 g/mol. The molecule has 1 fully saturated rings. The van der Waals surface area contributed by atoms with Crippen molar-refractivity contribution >= 4 is 17.5 Å². The van der Waals surface area contributed by atoms with Gasteiger partial charge in [0.2, 0.25) is 5.91 Å². The Kier molecular flexibility index (Phi) is 4.26. The van der Waals surface area contributed by atoms with E-state index in [0.717, 1.165) is 12.8 Å². The van der Waals surface area contributed by atoms with Gasteiger partial charge in [0.1, 0.15) is 11.7 Å². The van der Waals surface area contributed by atoms with Crippen LogP contribution in [0, 0.1) is 0 Å². The van der Waals surface area contributed by atoms with Crippen LogP contribution in [0.15, 0.2) is 6.20 Å². The molecule has 1 unspecified atom stereocenters. The molecule has 7 nitrogen and oxygen atoms in total. The zero-order valence-corrected chi connectivity index (χ0v) is 11.9. The third-order valence-electron chi connectivity index (χ3n) is 3.68. The number of likely N-dealkylation sites (tertiary alicyclic amines) is 1. The van der Waals surface area contributed by atoms with Crippen molar-refractivity contribution in [2.75, 3.05) is 19.3 Å². The molecule has 0 bridgehead atoms. The number of nitrogens with two attached hydrogens (primary N) is 1. The third-order valence-corrected chi connectivity index (χ3v) is 3.68. The predicted octanol–water partition coefficient (Wildman–Crippen LogP) is 0.226. The van der Waals surface area contributed by atoms with Crippen molar-refractivity contribution in [2.24, 2.45) is 0 Å². The lowest BCUT2D eigenvalue weighted by atomic mass is 10.0. The number of piperidine rings is 1. The Bertz CT molecular complexity index is 511. The molecule has 1 aliphatic rings. The fourth-order valence-corrected chi connectivity index (χ4v) is 2.62. The van der Waals surface area contributed by atoms with Gasteiger partial charge in [-0.15, -0.1) is 0 Å². The Morgan fingerprint density at radius 2 is 2.25 bits per heavy atom. The van der Waals surface area contributed by atoms with Crippen LogP contribution in [0.25, 0.3) is 0 Å². The molecular weight excluding hydrogens is 258 g/mol. The summed E-state index contributed by atoms with van der Waals surface area (Å²) in [7, 11) is 1.59. The van der Waals surface area contributed by atoms with Gasteiger partial charge in [-0.05, 0) is 26.2 Å². The molecule has 1 atom stereocenters. The minimum Gasteiger partial charge on any atom is -0.396 e. The molecule has 2 amide bonds. The van der Waals surface area contributed by atoms with Crippen molar-refractivity contribution in [3.8, 4) is 0 Å². The van der Waals surface area contributed by atoms with Gasteiger partial charge in [-0.1, -0.05) is 0 Å². The van der Waals surface area contributed by atoms with Crippen molar-refractivity contribution < 1.29 is 9.59 Å². The average Bonchev–Trinajstić information content (AvgIpc) is 2.86. The maximum Gasteiger partial charge on any atom is 0.274 e. The van der Waals surface area contributed by atoms with Gasteiger partial charge >= 0.3 is 0 Å². The summed E-state index contributed by atoms with van der Waals surface area (Å²) in [4.78, 5) is 26.2. The number of amides is 2. The van der Waals surface area contributed by atoms with E-state index in [1.54, 1.807) is 16.6 Å². The standard InChI is InChI=1S/C13H21N5O2/c1-3-18-11(9(14)8-16-18)13(20)17-7-5-4-6-10(17)12(19)15-2/h8,10H,3-7,14H2,1-2H3,(H,15,19). The second-order valence-electron chi connectivity index (χ2n) is 4.89. The number of likely N-dealkylation sites (N-methyl/N-ethyl adjacent to an activating group) is 1. The highest BCUT2D eigenvalue weighted by molar-refractivity contribution is 6.00. The van der Waals surface area contributed by atoms with Crippen LogP contribution in [0.1, 0.15) is 36.7 Å². The maximum atomic E-state index is 12.7. The van der Waals surface area contributed by atoms with Gasteiger partial charge in [0.15, 0.2) is 0 Å². The van der Waals surface area contributed by atoms with E-state index in [9.17, 15) is 9.59 Å². The minimum absolute atomic E-state index is 0.126. The number of carbonyl (C=O) groups excluding carboxylic acids is 2. The molecule has 1 aliphatic heterocycles. The summed E-state index contributed by atoms with van der Waals surface area (Å²) in [5.74, 6) is -0.339. The molecule has 0 saturated carbocycles. The summed E-state index contributed by atoms with van der Waals surface area (Å²) in [6.07, 6.45) is 4.02. The third kappa shape index (κ3) is 2.48. The molecule has 110 valence electrons. The van der Waals surface area contributed by atoms with Crippen molar-refractivity contribution in [2.45, 2.75) is 38.8 Å². The number of rotatable bonds is 3. The zero-order valence-electron chi connectivity index (χ0n) is 11.9. The molecule has 0 aromatic carbocycles. The van der Waals surface area contributed by atoms with E-state index in [4.69, 9.17) is 5.73 Å². The van der Waals surface area contributed by atoms with Gasteiger partial charge in [0.05, 0.1) is 11.9 Å². The number of nitrogen functional groups attached to an aromatic ring is 1. The highest BCUT2D eigenvalue weighted by atomic mass is 16.2. The lowest BCUT2D eigenvalue weighted by molar-refractivity contribution is -0.126. The Labute approximate surface area is 118 Å². The highest BCUT2D eigenvalue weighted by Gasteiger charge is 2.34. The van der Waals surface area contributed by atoms with Crippen LogP contribution in [-0.4, -0.2) is 46.1 Å². The van der Waals surface area contributed by atoms with Crippen LogP contribution in [0.5, 0.6) is 0 Å². The van der Waals surface area contributed by atoms with E-state index in [1.165, 1.54) is 6.20 Å². The summed E-state index contributed by atoms with van der Waals surface area (Å²) < 4.78 is 1.58. The Morgan fingerprint density at radius 3 is 2.90 bits per heavy atom. The summed E-state index contributed by atoms with van der Waals surface area (Å²) >= 11 is 0. The van der Waals surface area contributed by atoms with Crippen LogP contribution >= 0.6 is 0 Å². The second-order valence-corrected chi connectivity index (χ2v) is 4.89. The van der Waals surface area contributed by atoms with E-state index in [2.05, 4.69) is 10.4 Å². The molecule has 7 heteroatoms. The summed E-state index contributed by atoms with van der Waals surface area (Å²) in [5.41, 5.74) is 6.58. The first kappa shape index (κ1) is 14.4. The lowest BCUT2D eigenvalue weighted by Gasteiger charge is -2.34. The number of nitrogens with one attached hydrogen (secondary N) is 1. The minimum atomic E-state index is -0.416. The fraction of sp³-hybridized carbons (Fsp3) is 0.615. The van der Waals surface area contributed by atoms with Crippen LogP contribution < -0.4 is 11.1 Å². The van der Waals surface area contributed by atoms with E-state index < -0.39 is 6.04 Å². The number of carbonyl (C=O) groups is 2. The van der Waals surface area contributed by atoms with Crippen LogP contribution in [-0.2, 0) is 11.3 Å². The number of hydrogen-bond acceptors (Lipinski definition) is 4. The number of anilines is 1. The largest absolute Gasteiger partial charge is 0.396 e. The SMILES string of the molecule is CCn1ncc(N)c1C(=O)N1CCCCC1C(=O)NC. The summed E-state index contributed by atoms with van der Waals surface area (Å²) in [6, 6.07) is -0.416. The Morgan fingerprint density at radius 1 is 1.50 bits per heavy atom. The number of aromatic nitrogens is 2. The van der Waals surface area contributed by atoms with E-state index in [1.807, 2.05) is 6.92 Å². The molecule has 0 spiro atoms. The van der Waals surface area contributed by atoms with E-state index in [-0.39, 0.29) is 11.8 Å². The molecule has 2 heterocycles. The van der Waals surface area contributed by atoms with Crippen molar-refractivity contribution in [3.05, 3.63) is 11.9 Å². The lowest BCUT2D eigenvalue weighted by Crippen LogP contribution is -2.51. The summed E-state index contributed by atoms with van der Waals surface area (Å²) in [5, 5.41) is 6.71. The molecule has 1 aromatic rings. The smallest absolute Gasteiger partial charge is 0.274 e. The number of nitrogens with zero attached hydrogens (tertiary/aromatic N) is 3. The van der Waals surface area contributed by atoms with E-state index in [0.29, 0.717) is 30.9 Å².